The van der Waals surface area contributed by atoms with Gasteiger partial charge in [0.15, 0.2) is 17.6 Å². The molecular weight excluding hydrogens is 761 g/mol. The predicted octanol–water partition coefficient (Wildman–Crippen LogP) is 8.14. The molecule has 2 N–H and O–H groups in total. The van der Waals surface area contributed by atoms with E-state index in [-0.39, 0.29) is 11.4 Å². The Morgan fingerprint density at radius 2 is 1.63 bits per heavy atom. The zero-order chi connectivity index (χ0) is 33.1. The number of hydrogen-bond donors (Lipinski definition) is 2. The van der Waals surface area contributed by atoms with Crippen molar-refractivity contribution in [3.8, 4) is 17.2 Å². The smallest absolute Gasteiger partial charge is 0.262 e. The lowest BCUT2D eigenvalue weighted by molar-refractivity contribution is -0.132. The summed E-state index contributed by atoms with van der Waals surface area (Å²) in [5, 5.41) is 7.64. The SMILES string of the molecule is CCOc1cc(/C=N\NC(=O)[C@@H](Cc2ccccc2)NC(=O)[C@@H](C)Oc2ccc(Cl)cc2Cl)cc(Br)c1OCc1ccc(Br)cc1. The van der Waals surface area contributed by atoms with E-state index in [2.05, 4.69) is 47.7 Å². The standard InChI is InChI=1S/C34H31Br2Cl2N3O5/c1-3-44-31-17-24(15-27(36)32(31)45-20-23-9-11-25(35)12-10-23)19-39-41-34(43)29(16-22-7-5-4-6-8-22)40-33(42)21(2)46-30-14-13-26(37)18-28(30)38/h4-15,17-19,21,29H,3,16,20H2,1-2H3,(H,40,42)(H,41,43)/b39-19-/t21-,29-/m1/s1. The molecule has 0 saturated carbocycles. The third-order valence-electron chi connectivity index (χ3n) is 6.50. The first-order valence-electron chi connectivity index (χ1n) is 14.3. The lowest BCUT2D eigenvalue weighted by Gasteiger charge is -2.21. The Hall–Kier alpha value is -3.57. The van der Waals surface area contributed by atoms with E-state index in [4.69, 9.17) is 37.4 Å². The van der Waals surface area contributed by atoms with E-state index in [0.717, 1.165) is 15.6 Å². The monoisotopic (exact) mass is 789 g/mol. The molecule has 240 valence electrons. The molecule has 0 aliphatic rings. The van der Waals surface area contributed by atoms with Gasteiger partial charge in [0.2, 0.25) is 0 Å². The van der Waals surface area contributed by atoms with Gasteiger partial charge < -0.3 is 19.5 Å². The van der Waals surface area contributed by atoms with Crippen LogP contribution in [-0.2, 0) is 22.6 Å². The molecule has 4 aromatic rings. The maximum Gasteiger partial charge on any atom is 0.262 e. The van der Waals surface area contributed by atoms with Crippen LogP contribution in [0, 0.1) is 0 Å². The van der Waals surface area contributed by atoms with E-state index in [1.165, 1.54) is 12.3 Å². The number of carbonyl (C=O) groups is 2. The number of amides is 2. The normalized spacial score (nSPS) is 12.3. The average molecular weight is 792 g/mol. The fourth-order valence-corrected chi connectivity index (χ4v) is 5.50. The van der Waals surface area contributed by atoms with Crippen molar-refractivity contribution < 1.29 is 23.8 Å². The Morgan fingerprint density at radius 1 is 0.891 bits per heavy atom. The molecule has 4 aromatic carbocycles. The van der Waals surface area contributed by atoms with Crippen LogP contribution in [0.15, 0.2) is 99.0 Å². The highest BCUT2D eigenvalue weighted by Crippen LogP contribution is 2.37. The van der Waals surface area contributed by atoms with Crippen LogP contribution in [0.2, 0.25) is 10.0 Å². The van der Waals surface area contributed by atoms with Crippen molar-refractivity contribution in [2.75, 3.05) is 6.61 Å². The highest BCUT2D eigenvalue weighted by Gasteiger charge is 2.25. The molecule has 2 atom stereocenters. The van der Waals surface area contributed by atoms with E-state index in [9.17, 15) is 9.59 Å². The van der Waals surface area contributed by atoms with Gasteiger partial charge in [-0.1, -0.05) is 81.6 Å². The summed E-state index contributed by atoms with van der Waals surface area (Å²) in [6.07, 6.45) is 0.763. The van der Waals surface area contributed by atoms with Crippen molar-refractivity contribution in [2.24, 2.45) is 5.10 Å². The highest BCUT2D eigenvalue weighted by molar-refractivity contribution is 9.10. The van der Waals surface area contributed by atoms with Crippen molar-refractivity contribution in [1.82, 2.24) is 10.7 Å². The molecule has 2 amide bonds. The molecule has 46 heavy (non-hydrogen) atoms. The van der Waals surface area contributed by atoms with Gasteiger partial charge in [-0.2, -0.15) is 5.10 Å². The number of nitrogens with zero attached hydrogens (tertiary/aromatic N) is 1. The molecule has 0 aliphatic heterocycles. The minimum absolute atomic E-state index is 0.229. The molecule has 0 heterocycles. The van der Waals surface area contributed by atoms with Crippen LogP contribution in [0.1, 0.15) is 30.5 Å². The van der Waals surface area contributed by atoms with Gasteiger partial charge in [0.1, 0.15) is 18.4 Å². The van der Waals surface area contributed by atoms with E-state index in [1.807, 2.05) is 61.5 Å². The molecule has 0 aliphatic carbocycles. The maximum atomic E-state index is 13.3. The van der Waals surface area contributed by atoms with Crippen molar-refractivity contribution in [2.45, 2.75) is 39.0 Å². The number of halogens is 4. The fraction of sp³-hybridized carbons (Fsp3) is 0.206. The maximum absolute atomic E-state index is 13.3. The number of hydrazone groups is 1. The van der Waals surface area contributed by atoms with Gasteiger partial charge in [0.05, 0.1) is 22.3 Å². The van der Waals surface area contributed by atoms with Crippen LogP contribution >= 0.6 is 55.1 Å². The minimum atomic E-state index is -0.952. The second-order valence-corrected chi connectivity index (χ2v) is 12.6. The van der Waals surface area contributed by atoms with Crippen LogP contribution in [0.25, 0.3) is 0 Å². The van der Waals surface area contributed by atoms with Gasteiger partial charge >= 0.3 is 0 Å². The molecule has 8 nitrogen and oxygen atoms in total. The number of ether oxygens (including phenoxy) is 3. The van der Waals surface area contributed by atoms with Crippen LogP contribution in [-0.4, -0.2) is 36.8 Å². The summed E-state index contributed by atoms with van der Waals surface area (Å²) in [5.41, 5.74) is 5.05. The quantitative estimate of drug-likeness (QED) is 0.0994. The molecule has 0 bridgehead atoms. The van der Waals surface area contributed by atoms with E-state index in [1.54, 1.807) is 31.2 Å². The highest BCUT2D eigenvalue weighted by atomic mass is 79.9. The Labute approximate surface area is 294 Å². The zero-order valence-corrected chi connectivity index (χ0v) is 29.6. The van der Waals surface area contributed by atoms with Gasteiger partial charge in [0, 0.05) is 15.9 Å². The summed E-state index contributed by atoms with van der Waals surface area (Å²) >= 11 is 19.2. The number of rotatable bonds is 14. The molecule has 0 saturated heterocycles. The summed E-state index contributed by atoms with van der Waals surface area (Å²) in [4.78, 5) is 26.4. The average Bonchev–Trinajstić information content (AvgIpc) is 3.03. The Kier molecular flexibility index (Phi) is 13.3. The first kappa shape index (κ1) is 35.3. The van der Waals surface area contributed by atoms with E-state index in [0.29, 0.717) is 45.5 Å². The van der Waals surface area contributed by atoms with Gasteiger partial charge in [-0.05, 0) is 88.9 Å². The summed E-state index contributed by atoms with van der Waals surface area (Å²) in [6.45, 7) is 4.21. The van der Waals surface area contributed by atoms with Crippen molar-refractivity contribution in [3.05, 3.63) is 121 Å². The predicted molar refractivity (Wildman–Crippen MR) is 188 cm³/mol. The Balaban J connectivity index is 1.44. The molecule has 0 aromatic heterocycles. The van der Waals surface area contributed by atoms with Crippen molar-refractivity contribution >= 4 is 73.1 Å². The third-order valence-corrected chi connectivity index (χ3v) is 8.15. The van der Waals surface area contributed by atoms with Gasteiger partial charge in [0.25, 0.3) is 11.8 Å². The van der Waals surface area contributed by atoms with Crippen LogP contribution in [0.5, 0.6) is 17.2 Å². The topological polar surface area (TPSA) is 98.2 Å². The second-order valence-electron chi connectivity index (χ2n) is 10.00. The van der Waals surface area contributed by atoms with Gasteiger partial charge in [-0.3, -0.25) is 9.59 Å². The first-order valence-corrected chi connectivity index (χ1v) is 16.6. The molecule has 4 rings (SSSR count). The summed E-state index contributed by atoms with van der Waals surface area (Å²) in [5.74, 6) is 0.349. The van der Waals surface area contributed by atoms with Crippen molar-refractivity contribution in [3.63, 3.8) is 0 Å². The van der Waals surface area contributed by atoms with Crippen LogP contribution in [0.4, 0.5) is 0 Å². The number of nitrogens with one attached hydrogen (secondary N) is 2. The van der Waals surface area contributed by atoms with E-state index < -0.39 is 24.0 Å². The summed E-state index contributed by atoms with van der Waals surface area (Å²) < 4.78 is 19.3. The minimum Gasteiger partial charge on any atom is -0.490 e. The number of hydrogen-bond acceptors (Lipinski definition) is 6. The molecule has 12 heteroatoms. The Bertz CT molecular complexity index is 1670. The van der Waals surface area contributed by atoms with Gasteiger partial charge in [-0.25, -0.2) is 5.43 Å². The van der Waals surface area contributed by atoms with Crippen molar-refractivity contribution in [1.29, 1.82) is 0 Å². The third kappa shape index (κ3) is 10.5. The van der Waals surface area contributed by atoms with Crippen LogP contribution in [0.3, 0.4) is 0 Å². The van der Waals surface area contributed by atoms with E-state index >= 15 is 0 Å². The molecule has 0 unspecified atom stereocenters. The molecule has 0 spiro atoms. The molecule has 0 fully saturated rings. The van der Waals surface area contributed by atoms with Crippen LogP contribution < -0.4 is 25.0 Å². The first-order chi connectivity index (χ1) is 22.1. The lowest BCUT2D eigenvalue weighted by atomic mass is 10.1. The Morgan fingerprint density at radius 3 is 2.33 bits per heavy atom. The zero-order valence-electron chi connectivity index (χ0n) is 24.9. The summed E-state index contributed by atoms with van der Waals surface area (Å²) in [6, 6.07) is 24.5. The molecule has 0 radical (unpaired) electrons. The second kappa shape index (κ2) is 17.4. The summed E-state index contributed by atoms with van der Waals surface area (Å²) in [7, 11) is 0. The number of carbonyl (C=O) groups excluding carboxylic acids is 2. The molecular formula is C34H31Br2Cl2N3O5. The fourth-order valence-electron chi connectivity index (χ4n) is 4.21. The largest absolute Gasteiger partial charge is 0.490 e. The van der Waals surface area contributed by atoms with Gasteiger partial charge in [-0.15, -0.1) is 0 Å². The number of benzene rings is 4. The lowest BCUT2D eigenvalue weighted by Crippen LogP contribution is -2.50.